The van der Waals surface area contributed by atoms with Gasteiger partial charge in [-0.3, -0.25) is 0 Å². The lowest BCUT2D eigenvalue weighted by Gasteiger charge is -2.10. The number of halogens is 3. The van der Waals surface area contributed by atoms with E-state index >= 15 is 0 Å². The summed E-state index contributed by atoms with van der Waals surface area (Å²) in [7, 11) is 0. The Morgan fingerprint density at radius 3 is 2.79 bits per heavy atom. The number of fused-ring (bicyclic) bond motifs is 2. The second-order valence-corrected chi connectivity index (χ2v) is 6.62. The van der Waals surface area contributed by atoms with Gasteiger partial charge in [0.15, 0.2) is 17.4 Å². The minimum Gasteiger partial charge on any atom is -0.451 e. The molecule has 0 aliphatic carbocycles. The molecule has 3 heterocycles. The fourth-order valence-electron chi connectivity index (χ4n) is 3.42. The molecule has 0 fully saturated rings. The van der Waals surface area contributed by atoms with Crippen molar-refractivity contribution in [1.82, 2.24) is 20.3 Å². The van der Waals surface area contributed by atoms with Gasteiger partial charge in [-0.2, -0.15) is 0 Å². The highest BCUT2D eigenvalue weighted by Crippen LogP contribution is 2.34. The SMILES string of the molecule is Fc1ccc(Oc2c(F)cc3[nH]ccc3c2F)cc1-c1nc2c([nH]1)CNCC2. The summed E-state index contributed by atoms with van der Waals surface area (Å²) in [5.41, 5.74) is 2.30. The Morgan fingerprint density at radius 2 is 1.93 bits per heavy atom. The van der Waals surface area contributed by atoms with E-state index in [9.17, 15) is 13.2 Å². The minimum atomic E-state index is -0.849. The average Bonchev–Trinajstić information content (AvgIpc) is 3.33. The van der Waals surface area contributed by atoms with E-state index in [1.54, 1.807) is 0 Å². The van der Waals surface area contributed by atoms with E-state index in [0.717, 1.165) is 30.4 Å². The third-order valence-corrected chi connectivity index (χ3v) is 4.82. The number of rotatable bonds is 3. The number of hydrogen-bond donors (Lipinski definition) is 3. The van der Waals surface area contributed by atoms with Gasteiger partial charge in [0.2, 0.25) is 0 Å². The molecule has 2 aromatic heterocycles. The van der Waals surface area contributed by atoms with Crippen LogP contribution < -0.4 is 10.1 Å². The van der Waals surface area contributed by atoms with E-state index in [4.69, 9.17) is 4.74 Å². The number of ether oxygens (including phenoxy) is 1. The second-order valence-electron chi connectivity index (χ2n) is 6.62. The molecule has 5 nitrogen and oxygen atoms in total. The van der Waals surface area contributed by atoms with Crippen molar-refractivity contribution >= 4 is 10.9 Å². The number of nitrogens with zero attached hydrogens (tertiary/aromatic N) is 1. The van der Waals surface area contributed by atoms with Gasteiger partial charge in [0.05, 0.1) is 22.5 Å². The van der Waals surface area contributed by atoms with Crippen molar-refractivity contribution < 1.29 is 17.9 Å². The van der Waals surface area contributed by atoms with Gasteiger partial charge in [0.1, 0.15) is 17.4 Å². The molecule has 0 radical (unpaired) electrons. The monoisotopic (exact) mass is 384 g/mol. The van der Waals surface area contributed by atoms with E-state index in [-0.39, 0.29) is 16.7 Å². The molecule has 3 N–H and O–H groups in total. The average molecular weight is 384 g/mol. The van der Waals surface area contributed by atoms with Crippen molar-refractivity contribution in [3.8, 4) is 22.9 Å². The lowest BCUT2D eigenvalue weighted by molar-refractivity contribution is 0.410. The van der Waals surface area contributed by atoms with Crippen LogP contribution in [0.1, 0.15) is 11.4 Å². The summed E-state index contributed by atoms with van der Waals surface area (Å²) in [4.78, 5) is 10.3. The van der Waals surface area contributed by atoms with Gasteiger partial charge in [0.25, 0.3) is 0 Å². The molecule has 0 spiro atoms. The van der Waals surface area contributed by atoms with Crippen LogP contribution in [0, 0.1) is 17.5 Å². The van der Waals surface area contributed by atoms with Crippen LogP contribution in [0.2, 0.25) is 0 Å². The van der Waals surface area contributed by atoms with Crippen molar-refractivity contribution in [3.63, 3.8) is 0 Å². The highest BCUT2D eigenvalue weighted by Gasteiger charge is 2.20. The molecule has 28 heavy (non-hydrogen) atoms. The number of H-pyrrole nitrogens is 2. The molecule has 1 aliphatic rings. The van der Waals surface area contributed by atoms with E-state index < -0.39 is 23.2 Å². The summed E-state index contributed by atoms with van der Waals surface area (Å²) in [5, 5.41) is 3.43. The van der Waals surface area contributed by atoms with Gasteiger partial charge >= 0.3 is 0 Å². The van der Waals surface area contributed by atoms with Gasteiger partial charge < -0.3 is 20.0 Å². The fourth-order valence-corrected chi connectivity index (χ4v) is 3.42. The molecule has 1 aliphatic heterocycles. The zero-order valence-electron chi connectivity index (χ0n) is 14.6. The molecular formula is C20H15F3N4O. The van der Waals surface area contributed by atoms with E-state index in [1.165, 1.54) is 30.5 Å². The first-order valence-corrected chi connectivity index (χ1v) is 8.81. The Hall–Kier alpha value is -3.26. The summed E-state index contributed by atoms with van der Waals surface area (Å²) in [6.45, 7) is 1.44. The summed E-state index contributed by atoms with van der Waals surface area (Å²) in [6.07, 6.45) is 2.26. The maximum Gasteiger partial charge on any atom is 0.199 e. The number of hydrogen-bond acceptors (Lipinski definition) is 3. The summed E-state index contributed by atoms with van der Waals surface area (Å²) < 4.78 is 48.8. The topological polar surface area (TPSA) is 65.7 Å². The molecule has 0 saturated heterocycles. The molecule has 0 amide bonds. The standard InChI is InChI=1S/C20H15F3N4O/c21-13-2-1-10(7-12(13)20-26-15-4-5-24-9-17(15)27-20)28-19-14(22)8-16-11(18(19)23)3-6-25-16/h1-3,6-8,24-25H,4-5,9H2,(H,26,27). The van der Waals surface area contributed by atoms with Crippen LogP contribution in [0.15, 0.2) is 36.5 Å². The maximum absolute atomic E-state index is 14.6. The molecule has 2 aromatic carbocycles. The smallest absolute Gasteiger partial charge is 0.199 e. The first-order chi connectivity index (χ1) is 13.6. The normalized spacial score (nSPS) is 13.7. The third-order valence-electron chi connectivity index (χ3n) is 4.82. The molecular weight excluding hydrogens is 369 g/mol. The van der Waals surface area contributed by atoms with E-state index in [0.29, 0.717) is 17.9 Å². The number of nitrogens with one attached hydrogen (secondary N) is 3. The lowest BCUT2D eigenvalue weighted by Crippen LogP contribution is -2.23. The fraction of sp³-hybridized carbons (Fsp3) is 0.150. The predicted molar refractivity (Wildman–Crippen MR) is 97.7 cm³/mol. The maximum atomic E-state index is 14.6. The van der Waals surface area contributed by atoms with Gasteiger partial charge in [-0.05, 0) is 24.3 Å². The Labute approximate surface area is 157 Å². The summed E-state index contributed by atoms with van der Waals surface area (Å²) in [6, 6.07) is 6.55. The lowest BCUT2D eigenvalue weighted by atomic mass is 10.2. The second kappa shape index (κ2) is 6.42. The Balaban J connectivity index is 1.54. The van der Waals surface area contributed by atoms with Crippen LogP contribution in [-0.4, -0.2) is 21.5 Å². The van der Waals surface area contributed by atoms with E-state index in [1.807, 2.05) is 0 Å². The predicted octanol–water partition coefficient (Wildman–Crippen LogP) is 4.41. The Bertz CT molecular complexity index is 1170. The number of imidazole rings is 1. The van der Waals surface area contributed by atoms with Crippen LogP contribution in [0.3, 0.4) is 0 Å². The van der Waals surface area contributed by atoms with E-state index in [2.05, 4.69) is 20.3 Å². The number of aromatic amines is 2. The Morgan fingerprint density at radius 1 is 1.04 bits per heavy atom. The Kier molecular flexibility index (Phi) is 3.87. The number of benzene rings is 2. The molecule has 8 heteroatoms. The van der Waals surface area contributed by atoms with Crippen LogP contribution in [0.5, 0.6) is 11.5 Å². The zero-order valence-corrected chi connectivity index (χ0v) is 14.6. The molecule has 5 rings (SSSR count). The largest absolute Gasteiger partial charge is 0.451 e. The summed E-state index contributed by atoms with van der Waals surface area (Å²) >= 11 is 0. The number of aromatic nitrogens is 3. The van der Waals surface area contributed by atoms with Crippen LogP contribution in [0.4, 0.5) is 13.2 Å². The molecule has 4 aromatic rings. The molecule has 0 atom stereocenters. The molecule has 0 unspecified atom stereocenters. The minimum absolute atomic E-state index is 0.108. The van der Waals surface area contributed by atoms with Crippen molar-refractivity contribution in [2.75, 3.05) is 6.54 Å². The van der Waals surface area contributed by atoms with Gasteiger partial charge in [-0.1, -0.05) is 0 Å². The first kappa shape index (κ1) is 16.9. The molecule has 142 valence electrons. The van der Waals surface area contributed by atoms with Crippen molar-refractivity contribution in [1.29, 1.82) is 0 Å². The zero-order chi connectivity index (χ0) is 19.3. The van der Waals surface area contributed by atoms with Crippen molar-refractivity contribution in [2.24, 2.45) is 0 Å². The van der Waals surface area contributed by atoms with Gasteiger partial charge in [-0.25, -0.2) is 18.2 Å². The van der Waals surface area contributed by atoms with Crippen LogP contribution in [0.25, 0.3) is 22.3 Å². The highest BCUT2D eigenvalue weighted by atomic mass is 19.1. The van der Waals surface area contributed by atoms with Crippen LogP contribution in [-0.2, 0) is 13.0 Å². The molecule has 0 bridgehead atoms. The van der Waals surface area contributed by atoms with Gasteiger partial charge in [-0.15, -0.1) is 0 Å². The van der Waals surface area contributed by atoms with Crippen molar-refractivity contribution in [3.05, 3.63) is 65.4 Å². The summed E-state index contributed by atoms with van der Waals surface area (Å²) in [5.74, 6) is -2.24. The van der Waals surface area contributed by atoms with Crippen LogP contribution >= 0.6 is 0 Å². The third kappa shape index (κ3) is 2.73. The molecule has 0 saturated carbocycles. The quantitative estimate of drug-likeness (QED) is 0.490. The van der Waals surface area contributed by atoms with Gasteiger partial charge in [0, 0.05) is 37.2 Å². The van der Waals surface area contributed by atoms with Crippen molar-refractivity contribution in [2.45, 2.75) is 13.0 Å². The first-order valence-electron chi connectivity index (χ1n) is 8.81. The highest BCUT2D eigenvalue weighted by molar-refractivity contribution is 5.82.